The number of carbonyl (C=O) groups excluding carboxylic acids is 2. The summed E-state index contributed by atoms with van der Waals surface area (Å²) < 4.78 is 9.49. The summed E-state index contributed by atoms with van der Waals surface area (Å²) in [6, 6.07) is 0. The van der Waals surface area contributed by atoms with Crippen molar-refractivity contribution in [2.45, 2.75) is 26.4 Å². The summed E-state index contributed by atoms with van der Waals surface area (Å²) in [5, 5.41) is 8.91. The third kappa shape index (κ3) is 3.46. The van der Waals surface area contributed by atoms with Crippen molar-refractivity contribution in [3.63, 3.8) is 0 Å². The van der Waals surface area contributed by atoms with Crippen LogP contribution >= 0.6 is 0 Å². The molecule has 5 heteroatoms. The van der Waals surface area contributed by atoms with Crippen LogP contribution in [0.1, 0.15) is 20.8 Å². The Morgan fingerprint density at radius 3 is 2.53 bits per heavy atom. The number of hydrogen-bond acceptors (Lipinski definition) is 5. The highest BCUT2D eigenvalue weighted by atomic mass is 16.6. The molecule has 1 N–H and O–H groups in total. The lowest BCUT2D eigenvalue weighted by atomic mass is 10.2. The number of aliphatic hydroxyl groups excluding tert-OH is 1. The van der Waals surface area contributed by atoms with Gasteiger partial charge in [-0.05, 0) is 20.8 Å². The number of rotatable bonds is 1. The molecule has 0 spiro atoms. The highest BCUT2D eigenvalue weighted by Gasteiger charge is 2.22. The fourth-order valence-electron chi connectivity index (χ4n) is 0.901. The molecule has 0 radical (unpaired) electrons. The van der Waals surface area contributed by atoms with Crippen molar-refractivity contribution in [3.8, 4) is 0 Å². The minimum absolute atomic E-state index is 0.0215. The smallest absolute Gasteiger partial charge is 0.378 e. The number of ether oxygens (including phenoxy) is 2. The Kier molecular flexibility index (Phi) is 2.83. The zero-order chi connectivity index (χ0) is 11.6. The van der Waals surface area contributed by atoms with Crippen molar-refractivity contribution in [3.05, 3.63) is 23.7 Å². The number of allylic oxidation sites excluding steroid dienone is 1. The molecule has 0 atom stereocenters. The lowest BCUT2D eigenvalue weighted by Crippen LogP contribution is -2.22. The number of esters is 2. The Labute approximate surface area is 87.0 Å². The fraction of sp³-hybridized carbons (Fsp3) is 0.400. The molecule has 0 aromatic heterocycles. The molecule has 15 heavy (non-hydrogen) atoms. The van der Waals surface area contributed by atoms with E-state index in [2.05, 4.69) is 4.74 Å². The first-order valence-electron chi connectivity index (χ1n) is 4.35. The van der Waals surface area contributed by atoms with Crippen LogP contribution in [0, 0.1) is 0 Å². The van der Waals surface area contributed by atoms with E-state index in [9.17, 15) is 9.59 Å². The van der Waals surface area contributed by atoms with Crippen LogP contribution in [0.15, 0.2) is 23.7 Å². The summed E-state index contributed by atoms with van der Waals surface area (Å²) in [6.07, 6.45) is 2.07. The molecule has 1 aliphatic rings. The average molecular weight is 212 g/mol. The van der Waals surface area contributed by atoms with Crippen molar-refractivity contribution in [1.82, 2.24) is 0 Å². The van der Waals surface area contributed by atoms with Gasteiger partial charge in [0, 0.05) is 6.08 Å². The van der Waals surface area contributed by atoms with Gasteiger partial charge >= 0.3 is 11.9 Å². The monoisotopic (exact) mass is 212 g/mol. The minimum atomic E-state index is -0.871. The zero-order valence-corrected chi connectivity index (χ0v) is 8.73. The van der Waals surface area contributed by atoms with Crippen LogP contribution < -0.4 is 0 Å². The number of aliphatic hydroxyl groups is 1. The molecular weight excluding hydrogens is 200 g/mol. The van der Waals surface area contributed by atoms with Gasteiger partial charge in [0.25, 0.3) is 0 Å². The zero-order valence-electron chi connectivity index (χ0n) is 8.73. The van der Waals surface area contributed by atoms with Gasteiger partial charge < -0.3 is 14.6 Å². The van der Waals surface area contributed by atoms with Crippen LogP contribution in [0.5, 0.6) is 0 Å². The fourth-order valence-corrected chi connectivity index (χ4v) is 0.901. The molecular formula is C10H12O5. The Bertz CT molecular complexity index is 356. The number of hydrogen-bond donors (Lipinski definition) is 1. The molecule has 1 aliphatic heterocycles. The molecule has 0 aromatic rings. The van der Waals surface area contributed by atoms with Gasteiger partial charge in [0.05, 0.1) is 6.08 Å². The van der Waals surface area contributed by atoms with Crippen LogP contribution in [0.25, 0.3) is 0 Å². The van der Waals surface area contributed by atoms with Gasteiger partial charge in [-0.15, -0.1) is 0 Å². The van der Waals surface area contributed by atoms with E-state index in [0.717, 1.165) is 12.2 Å². The third-order valence-corrected chi connectivity index (χ3v) is 1.37. The predicted molar refractivity (Wildman–Crippen MR) is 50.7 cm³/mol. The maximum atomic E-state index is 11.2. The Balaban J connectivity index is 2.67. The van der Waals surface area contributed by atoms with Gasteiger partial charge in [0.15, 0.2) is 0 Å². The molecule has 0 aliphatic carbocycles. The van der Waals surface area contributed by atoms with Crippen LogP contribution in [-0.4, -0.2) is 22.6 Å². The SMILES string of the molecule is CC(C)(C)OC(=O)/C=C1\C=C(O)C(=O)O1. The van der Waals surface area contributed by atoms with E-state index in [1.807, 2.05) is 0 Å². The summed E-state index contributed by atoms with van der Waals surface area (Å²) in [5.41, 5.74) is -0.609. The van der Waals surface area contributed by atoms with Crippen molar-refractivity contribution >= 4 is 11.9 Å². The largest absolute Gasteiger partial charge is 0.502 e. The van der Waals surface area contributed by atoms with E-state index in [1.54, 1.807) is 20.8 Å². The van der Waals surface area contributed by atoms with Crippen LogP contribution in [0.3, 0.4) is 0 Å². The Morgan fingerprint density at radius 1 is 1.53 bits per heavy atom. The number of carbonyl (C=O) groups is 2. The van der Waals surface area contributed by atoms with Crippen molar-refractivity contribution in [1.29, 1.82) is 0 Å². The second-order valence-electron chi connectivity index (χ2n) is 4.00. The normalized spacial score (nSPS) is 18.7. The molecule has 0 bridgehead atoms. The number of cyclic esters (lactones) is 1. The lowest BCUT2D eigenvalue weighted by molar-refractivity contribution is -0.148. The van der Waals surface area contributed by atoms with Crippen LogP contribution in [0.4, 0.5) is 0 Å². The predicted octanol–water partition coefficient (Wildman–Crippen LogP) is 1.21. The molecule has 0 saturated carbocycles. The van der Waals surface area contributed by atoms with Gasteiger partial charge in [-0.2, -0.15) is 0 Å². The molecule has 1 heterocycles. The van der Waals surface area contributed by atoms with Crippen molar-refractivity contribution in [2.75, 3.05) is 0 Å². The highest BCUT2D eigenvalue weighted by Crippen LogP contribution is 2.15. The average Bonchev–Trinajstić information content (AvgIpc) is 2.26. The molecule has 5 nitrogen and oxygen atoms in total. The molecule has 0 aromatic carbocycles. The molecule has 0 amide bonds. The summed E-state index contributed by atoms with van der Waals surface area (Å²) in [5.74, 6) is -2.04. The molecule has 0 fully saturated rings. The lowest BCUT2D eigenvalue weighted by Gasteiger charge is -2.17. The maximum Gasteiger partial charge on any atom is 0.378 e. The first-order chi connectivity index (χ1) is 6.78. The second-order valence-corrected chi connectivity index (χ2v) is 4.00. The van der Waals surface area contributed by atoms with E-state index < -0.39 is 23.3 Å². The maximum absolute atomic E-state index is 11.2. The van der Waals surface area contributed by atoms with E-state index in [1.165, 1.54) is 0 Å². The summed E-state index contributed by atoms with van der Waals surface area (Å²) in [6.45, 7) is 5.16. The molecule has 0 unspecified atom stereocenters. The first kappa shape index (κ1) is 11.3. The quantitative estimate of drug-likeness (QED) is 0.522. The topological polar surface area (TPSA) is 72.8 Å². The van der Waals surface area contributed by atoms with Gasteiger partial charge in [0.1, 0.15) is 11.4 Å². The Morgan fingerprint density at radius 2 is 2.13 bits per heavy atom. The van der Waals surface area contributed by atoms with Gasteiger partial charge in [0.2, 0.25) is 5.76 Å². The van der Waals surface area contributed by atoms with E-state index >= 15 is 0 Å². The summed E-state index contributed by atoms with van der Waals surface area (Å²) >= 11 is 0. The second kappa shape index (κ2) is 3.76. The molecule has 82 valence electrons. The van der Waals surface area contributed by atoms with Gasteiger partial charge in [-0.1, -0.05) is 0 Å². The van der Waals surface area contributed by atoms with Gasteiger partial charge in [-0.3, -0.25) is 0 Å². The van der Waals surface area contributed by atoms with E-state index in [-0.39, 0.29) is 5.76 Å². The van der Waals surface area contributed by atoms with Crippen LogP contribution in [0.2, 0.25) is 0 Å². The van der Waals surface area contributed by atoms with Crippen LogP contribution in [-0.2, 0) is 19.1 Å². The Hall–Kier alpha value is -1.78. The first-order valence-corrected chi connectivity index (χ1v) is 4.35. The molecule has 0 saturated heterocycles. The van der Waals surface area contributed by atoms with Gasteiger partial charge in [-0.25, -0.2) is 9.59 Å². The minimum Gasteiger partial charge on any atom is -0.502 e. The third-order valence-electron chi connectivity index (χ3n) is 1.37. The van der Waals surface area contributed by atoms with E-state index in [0.29, 0.717) is 0 Å². The summed E-state index contributed by atoms with van der Waals surface area (Å²) in [7, 11) is 0. The van der Waals surface area contributed by atoms with Crippen molar-refractivity contribution in [2.24, 2.45) is 0 Å². The summed E-state index contributed by atoms with van der Waals surface area (Å²) in [4.78, 5) is 21.9. The van der Waals surface area contributed by atoms with E-state index in [4.69, 9.17) is 9.84 Å². The molecule has 1 rings (SSSR count). The van der Waals surface area contributed by atoms with Crippen molar-refractivity contribution < 1.29 is 24.2 Å². The highest BCUT2D eigenvalue weighted by molar-refractivity contribution is 5.92. The standard InChI is InChI=1S/C10H12O5/c1-10(2,3)15-8(12)5-6-4-7(11)9(13)14-6/h4-5,11H,1-3H3/b6-5+.